The smallest absolute Gasteiger partial charge is 1.00 e. The Kier molecular flexibility index (Phi) is 3110. The Morgan fingerprint density at radius 2 is 0.375 bits per heavy atom. The maximum atomic E-state index is 0. The summed E-state index contributed by atoms with van der Waals surface area (Å²) in [6.45, 7) is 0. The fraction of sp³-hybridized carbons (Fsp3) is 0. The average Bonchev–Trinajstić information content (AvgIpc) is 0. The third-order valence-corrected chi connectivity index (χ3v) is 0. The maximum absolute atomic E-state index is 0. The van der Waals surface area contributed by atoms with E-state index in [-0.39, 0.29) is 105 Å². The zero-order chi connectivity index (χ0) is 0. The largest absolute Gasteiger partial charge is 3.00 e. The molecule has 0 aromatic carbocycles. The van der Waals surface area contributed by atoms with E-state index in [1.165, 1.54) is 0 Å². The van der Waals surface area contributed by atoms with Gasteiger partial charge in [-0.2, -0.15) is 0 Å². The quantitative estimate of drug-likeness (QED) is 0.357. The van der Waals surface area contributed by atoms with Gasteiger partial charge in [-0.05, 0) is 0 Å². The molecule has 0 aromatic heterocycles. The number of rotatable bonds is 0. The van der Waals surface area contributed by atoms with Crippen molar-refractivity contribution in [3.63, 3.8) is 0 Å². The van der Waals surface area contributed by atoms with Gasteiger partial charge in [0, 0.05) is 0 Å². The van der Waals surface area contributed by atoms with Crippen molar-refractivity contribution in [3.05, 3.63) is 0 Å². The van der Waals surface area contributed by atoms with Gasteiger partial charge < -0.3 is 28.2 Å². The maximum Gasteiger partial charge on any atom is 3.00 e. The molecule has 8 heteroatoms. The van der Waals surface area contributed by atoms with E-state index in [0.717, 1.165) is 0 Å². The Morgan fingerprint density at radius 3 is 0.375 bits per heavy atom. The van der Waals surface area contributed by atoms with Crippen molar-refractivity contribution in [2.45, 2.75) is 0 Å². The van der Waals surface area contributed by atoms with Crippen LogP contribution in [0.5, 0.6) is 0 Å². The van der Waals surface area contributed by atoms with Crippen LogP contribution in [0.15, 0.2) is 0 Å². The van der Waals surface area contributed by atoms with E-state index in [1.54, 1.807) is 0 Å². The molecule has 0 aliphatic heterocycles. The number of hydrogen-bond donors (Lipinski definition) is 0. The van der Waals surface area contributed by atoms with Gasteiger partial charge in [-0.1, -0.05) is 0 Å². The Morgan fingerprint density at radius 1 is 0.375 bits per heavy atom. The monoisotopic (exact) mass is 395 g/mol. The molecule has 0 atom stereocenters. The summed E-state index contributed by atoms with van der Waals surface area (Å²) < 4.78 is 0. The SMILES string of the molecule is [F-].[F-].[F-].[F-].[F-].[F-].[La+3].[Nd+3]. The molecule has 0 aliphatic rings. The first kappa shape index (κ1) is 187. The summed E-state index contributed by atoms with van der Waals surface area (Å²) >= 11 is 0. The fourth-order valence-corrected chi connectivity index (χ4v) is 0. The first-order chi connectivity index (χ1) is 0. The van der Waals surface area contributed by atoms with E-state index in [0.29, 0.717) is 0 Å². The molecule has 0 unspecified atom stereocenters. The molecule has 0 amide bonds. The van der Waals surface area contributed by atoms with Crippen molar-refractivity contribution in [1.29, 1.82) is 0 Å². The predicted octanol–water partition coefficient (Wildman–Crippen LogP) is -18.0. The Hall–Kier alpha value is 2.13. The van der Waals surface area contributed by atoms with E-state index in [2.05, 4.69) is 0 Å². The van der Waals surface area contributed by atoms with E-state index >= 15 is 0 Å². The number of halogens is 6. The minimum atomic E-state index is 0. The van der Waals surface area contributed by atoms with Gasteiger partial charge >= 0.3 is 76.4 Å². The summed E-state index contributed by atoms with van der Waals surface area (Å²) in [6, 6.07) is 0. The summed E-state index contributed by atoms with van der Waals surface area (Å²) in [5, 5.41) is 0. The topological polar surface area (TPSA) is 0 Å². The molecule has 1 radical (unpaired) electrons. The normalized spacial score (nSPS) is 0. The third kappa shape index (κ3) is 91.3. The fourth-order valence-electron chi connectivity index (χ4n) is 0. The minimum absolute atomic E-state index is 0. The Bertz CT molecular complexity index is 8.49. The van der Waals surface area contributed by atoms with Crippen LogP contribution in [0.3, 0.4) is 0 Å². The number of hydrogen-bond acceptors (Lipinski definition) is 0. The molecular formula is F6LaNd. The molecule has 49 valence electrons. The van der Waals surface area contributed by atoms with Crippen LogP contribution in [0.4, 0.5) is 0 Å². The van der Waals surface area contributed by atoms with Gasteiger partial charge in [-0.15, -0.1) is 0 Å². The molecule has 0 fully saturated rings. The average molecular weight is 397 g/mol. The van der Waals surface area contributed by atoms with Gasteiger partial charge in [0.2, 0.25) is 0 Å². The molecule has 0 rings (SSSR count). The molecule has 0 spiro atoms. The summed E-state index contributed by atoms with van der Waals surface area (Å²) in [5.74, 6) is 0. The second-order valence-corrected chi connectivity index (χ2v) is 0. The second kappa shape index (κ2) is 133. The summed E-state index contributed by atoms with van der Waals surface area (Å²) in [7, 11) is 0. The van der Waals surface area contributed by atoms with Crippen LogP contribution >= 0.6 is 0 Å². The van der Waals surface area contributed by atoms with Crippen molar-refractivity contribution in [3.8, 4) is 0 Å². The molecule has 0 saturated heterocycles. The predicted molar refractivity (Wildman–Crippen MR) is 0 cm³/mol. The Balaban J connectivity index is 0. The molecule has 0 aromatic rings. The van der Waals surface area contributed by atoms with Crippen molar-refractivity contribution < 1.29 is 105 Å². The molecular weight excluding hydrogens is 397 g/mol. The van der Waals surface area contributed by atoms with Crippen molar-refractivity contribution in [2.24, 2.45) is 0 Å². The first-order valence-corrected chi connectivity index (χ1v) is 0. The summed E-state index contributed by atoms with van der Waals surface area (Å²) in [5.41, 5.74) is 0. The van der Waals surface area contributed by atoms with Crippen molar-refractivity contribution in [2.75, 3.05) is 0 Å². The van der Waals surface area contributed by atoms with Crippen LogP contribution in [-0.2, 0) is 0 Å². The molecule has 0 nitrogen and oxygen atoms in total. The van der Waals surface area contributed by atoms with Gasteiger partial charge in [0.05, 0.1) is 0 Å². The van der Waals surface area contributed by atoms with Crippen LogP contribution in [0, 0.1) is 76.4 Å². The van der Waals surface area contributed by atoms with E-state index in [1.807, 2.05) is 0 Å². The molecule has 8 heavy (non-hydrogen) atoms. The molecule has 0 N–H and O–H groups in total. The molecule has 0 bridgehead atoms. The molecule has 0 heterocycles. The third-order valence-electron chi connectivity index (χ3n) is 0. The van der Waals surface area contributed by atoms with E-state index < -0.39 is 0 Å². The standard InChI is InChI=1S/6FH.La.Nd/h6*1H;;/q;;;;;;2*+3/p-6. The Labute approximate surface area is 103 Å². The zero-order valence-electron chi connectivity index (χ0n) is 3.35. The van der Waals surface area contributed by atoms with E-state index in [4.69, 9.17) is 0 Å². The van der Waals surface area contributed by atoms with Gasteiger partial charge in [0.1, 0.15) is 0 Å². The van der Waals surface area contributed by atoms with Crippen LogP contribution in [-0.4, -0.2) is 0 Å². The minimum Gasteiger partial charge on any atom is -1.00 e. The van der Waals surface area contributed by atoms with Crippen LogP contribution < -0.4 is 28.2 Å². The molecule has 0 saturated carbocycles. The van der Waals surface area contributed by atoms with Crippen LogP contribution in [0.25, 0.3) is 0 Å². The van der Waals surface area contributed by atoms with Gasteiger partial charge in [-0.3, -0.25) is 0 Å². The molecule has 0 aliphatic carbocycles. The van der Waals surface area contributed by atoms with Crippen molar-refractivity contribution >= 4 is 0 Å². The zero-order valence-corrected chi connectivity index (χ0v) is 10.2. The second-order valence-electron chi connectivity index (χ2n) is 0. The van der Waals surface area contributed by atoms with Gasteiger partial charge in [0.15, 0.2) is 0 Å². The van der Waals surface area contributed by atoms with Gasteiger partial charge in [0.25, 0.3) is 0 Å². The first-order valence-electron chi connectivity index (χ1n) is 0. The summed E-state index contributed by atoms with van der Waals surface area (Å²) in [6.07, 6.45) is 0. The van der Waals surface area contributed by atoms with E-state index in [9.17, 15) is 0 Å². The van der Waals surface area contributed by atoms with Gasteiger partial charge in [-0.25, -0.2) is 0 Å². The van der Waals surface area contributed by atoms with Crippen LogP contribution in [0.2, 0.25) is 0 Å². The van der Waals surface area contributed by atoms with Crippen molar-refractivity contribution in [1.82, 2.24) is 0 Å². The summed E-state index contributed by atoms with van der Waals surface area (Å²) in [4.78, 5) is 0. The van der Waals surface area contributed by atoms with Crippen LogP contribution in [0.1, 0.15) is 0 Å².